The molecule has 0 N–H and O–H groups in total. The number of piperidine rings is 1. The third-order valence-electron chi connectivity index (χ3n) is 7.84. The van der Waals surface area contributed by atoms with Crippen molar-refractivity contribution in [1.82, 2.24) is 9.80 Å². The van der Waals surface area contributed by atoms with E-state index in [1.54, 1.807) is 4.90 Å². The fraction of sp³-hybridized carbons (Fsp3) is 0.414. The highest BCUT2D eigenvalue weighted by Crippen LogP contribution is 2.42. The normalized spacial score (nSPS) is 18.4. The number of carbonyl (C=O) groups excluding carboxylic acids is 1. The summed E-state index contributed by atoms with van der Waals surface area (Å²) in [5, 5.41) is 0. The van der Waals surface area contributed by atoms with Gasteiger partial charge in [-0.2, -0.15) is 13.2 Å². The second-order valence-corrected chi connectivity index (χ2v) is 10.0. The molecule has 36 heavy (non-hydrogen) atoms. The number of nitrogens with zero attached hydrogens (tertiary/aromatic N) is 2. The minimum atomic E-state index is -4.51. The summed E-state index contributed by atoms with van der Waals surface area (Å²) in [4.78, 5) is 17.4. The zero-order chi connectivity index (χ0) is 25.2. The molecule has 2 fully saturated rings. The van der Waals surface area contributed by atoms with Crippen molar-refractivity contribution in [2.75, 3.05) is 26.2 Å². The van der Waals surface area contributed by atoms with Gasteiger partial charge in [0.1, 0.15) is 5.76 Å². The highest BCUT2D eigenvalue weighted by atomic mass is 19.4. The zero-order valence-corrected chi connectivity index (χ0v) is 20.2. The molecule has 0 atom stereocenters. The second kappa shape index (κ2) is 10.1. The number of amides is 1. The van der Waals surface area contributed by atoms with Gasteiger partial charge in [0.15, 0.2) is 0 Å². The molecule has 0 aliphatic carbocycles. The van der Waals surface area contributed by atoms with Crippen LogP contribution in [0.1, 0.15) is 54.2 Å². The number of likely N-dealkylation sites (tertiary alicyclic amines) is 2. The molecule has 3 aromatic rings. The van der Waals surface area contributed by atoms with E-state index in [2.05, 4.69) is 53.4 Å². The van der Waals surface area contributed by atoms with Gasteiger partial charge in [-0.1, -0.05) is 60.7 Å². The number of benzene rings is 2. The van der Waals surface area contributed by atoms with Crippen molar-refractivity contribution in [1.29, 1.82) is 0 Å². The van der Waals surface area contributed by atoms with Crippen LogP contribution in [0.5, 0.6) is 0 Å². The quantitative estimate of drug-likeness (QED) is 0.383. The molecular formula is C29H31F3N2O2. The molecule has 2 aromatic carbocycles. The van der Waals surface area contributed by atoms with Gasteiger partial charge in [-0.25, -0.2) is 0 Å². The molecule has 4 nitrogen and oxygen atoms in total. The Labute approximate surface area is 209 Å². The summed E-state index contributed by atoms with van der Waals surface area (Å²) < 4.78 is 43.5. The lowest BCUT2D eigenvalue weighted by Crippen LogP contribution is -2.45. The van der Waals surface area contributed by atoms with Gasteiger partial charge in [0.25, 0.3) is 0 Å². The predicted octanol–water partition coefficient (Wildman–Crippen LogP) is 6.34. The van der Waals surface area contributed by atoms with Crippen molar-refractivity contribution < 1.29 is 22.4 Å². The minimum Gasteiger partial charge on any atom is -0.455 e. The molecule has 2 aliphatic heterocycles. The monoisotopic (exact) mass is 496 g/mol. The van der Waals surface area contributed by atoms with Gasteiger partial charge < -0.3 is 14.2 Å². The highest BCUT2D eigenvalue weighted by Gasteiger charge is 2.48. The Morgan fingerprint density at radius 3 is 1.97 bits per heavy atom. The topological polar surface area (TPSA) is 36.7 Å². The summed E-state index contributed by atoms with van der Waals surface area (Å²) in [6.07, 6.45) is -1.18. The number of furan rings is 1. The maximum absolute atomic E-state index is 13.3. The molecule has 0 radical (unpaired) electrons. The third kappa shape index (κ3) is 5.21. The van der Waals surface area contributed by atoms with E-state index in [-0.39, 0.29) is 18.2 Å². The van der Waals surface area contributed by atoms with E-state index >= 15 is 0 Å². The van der Waals surface area contributed by atoms with E-state index in [1.165, 1.54) is 17.2 Å². The Hall–Kier alpha value is -3.06. The average Bonchev–Trinajstić information content (AvgIpc) is 3.48. The number of hydrogen-bond donors (Lipinski definition) is 0. The maximum Gasteiger partial charge on any atom is 0.449 e. The number of carbonyl (C=O) groups is 1. The molecule has 2 saturated heterocycles. The Balaban J connectivity index is 1.17. The van der Waals surface area contributed by atoms with Gasteiger partial charge in [0, 0.05) is 12.5 Å². The largest absolute Gasteiger partial charge is 0.455 e. The maximum atomic E-state index is 13.3. The molecule has 1 aromatic heterocycles. The van der Waals surface area contributed by atoms with Crippen LogP contribution in [0, 0.1) is 5.41 Å². The van der Waals surface area contributed by atoms with Crippen LogP contribution in [-0.2, 0) is 17.5 Å². The van der Waals surface area contributed by atoms with Gasteiger partial charge in [-0.05, 0) is 68.6 Å². The van der Waals surface area contributed by atoms with E-state index in [0.29, 0.717) is 12.5 Å². The summed E-state index contributed by atoms with van der Waals surface area (Å²) in [5.41, 5.74) is 2.23. The lowest BCUT2D eigenvalue weighted by Gasteiger charge is -2.38. The smallest absolute Gasteiger partial charge is 0.449 e. The summed E-state index contributed by atoms with van der Waals surface area (Å²) >= 11 is 0. The SMILES string of the molecule is O=C1N(Cc2ccc(C(F)(F)F)o2)CCC12CCN(CCC(c1ccccc1)c1ccccc1)CC2. The fourth-order valence-electron chi connectivity index (χ4n) is 5.72. The van der Waals surface area contributed by atoms with Crippen LogP contribution < -0.4 is 0 Å². The number of halogens is 3. The summed E-state index contributed by atoms with van der Waals surface area (Å²) in [7, 11) is 0. The molecule has 1 spiro atoms. The van der Waals surface area contributed by atoms with Crippen LogP contribution in [-0.4, -0.2) is 41.9 Å². The van der Waals surface area contributed by atoms with Crippen LogP contribution in [0.25, 0.3) is 0 Å². The molecule has 2 aliphatic rings. The molecule has 0 unspecified atom stereocenters. The van der Waals surface area contributed by atoms with Crippen LogP contribution in [0.2, 0.25) is 0 Å². The first kappa shape index (κ1) is 24.6. The van der Waals surface area contributed by atoms with Crippen molar-refractivity contribution in [3.63, 3.8) is 0 Å². The molecule has 5 rings (SSSR count). The standard InChI is InChI=1S/C29H31F3N2O2/c30-29(31,32)26-12-11-24(36-26)21-34-20-16-28(27(34)35)14-18-33(19-15-28)17-13-25(22-7-3-1-4-8-22)23-9-5-2-6-10-23/h1-12,25H,13-21H2. The van der Waals surface area contributed by atoms with E-state index in [4.69, 9.17) is 4.42 Å². The van der Waals surface area contributed by atoms with Crippen molar-refractivity contribution in [2.24, 2.45) is 5.41 Å². The van der Waals surface area contributed by atoms with Crippen LogP contribution in [0.4, 0.5) is 13.2 Å². The number of hydrogen-bond acceptors (Lipinski definition) is 3. The zero-order valence-electron chi connectivity index (χ0n) is 20.2. The molecule has 0 saturated carbocycles. The number of alkyl halides is 3. The van der Waals surface area contributed by atoms with Crippen molar-refractivity contribution in [2.45, 2.75) is 44.3 Å². The Kier molecular flexibility index (Phi) is 6.93. The minimum absolute atomic E-state index is 0.0542. The molecule has 1 amide bonds. The molecule has 7 heteroatoms. The molecular weight excluding hydrogens is 465 g/mol. The molecule has 0 bridgehead atoms. The highest BCUT2D eigenvalue weighted by molar-refractivity contribution is 5.85. The Morgan fingerprint density at radius 2 is 1.42 bits per heavy atom. The lowest BCUT2D eigenvalue weighted by molar-refractivity contribution is -0.153. The van der Waals surface area contributed by atoms with Crippen molar-refractivity contribution >= 4 is 5.91 Å². The van der Waals surface area contributed by atoms with Gasteiger partial charge in [0.2, 0.25) is 11.7 Å². The summed E-state index contributed by atoms with van der Waals surface area (Å²) in [6, 6.07) is 23.4. The fourth-order valence-corrected chi connectivity index (χ4v) is 5.72. The first-order valence-electron chi connectivity index (χ1n) is 12.6. The predicted molar refractivity (Wildman–Crippen MR) is 131 cm³/mol. The van der Waals surface area contributed by atoms with Gasteiger partial charge >= 0.3 is 6.18 Å². The van der Waals surface area contributed by atoms with E-state index in [0.717, 1.165) is 51.4 Å². The van der Waals surface area contributed by atoms with Crippen LogP contribution >= 0.6 is 0 Å². The lowest BCUT2D eigenvalue weighted by atomic mass is 9.77. The number of rotatable bonds is 7. The van der Waals surface area contributed by atoms with E-state index in [9.17, 15) is 18.0 Å². The Bertz CT molecular complexity index is 1110. The second-order valence-electron chi connectivity index (χ2n) is 10.0. The van der Waals surface area contributed by atoms with E-state index < -0.39 is 17.4 Å². The van der Waals surface area contributed by atoms with Crippen LogP contribution in [0.15, 0.2) is 77.2 Å². The summed E-state index contributed by atoms with van der Waals surface area (Å²) in [5.74, 6) is -0.463. The average molecular weight is 497 g/mol. The van der Waals surface area contributed by atoms with E-state index in [1.807, 2.05) is 12.1 Å². The molecule has 190 valence electrons. The van der Waals surface area contributed by atoms with Crippen LogP contribution in [0.3, 0.4) is 0 Å². The van der Waals surface area contributed by atoms with Gasteiger partial charge in [0.05, 0.1) is 12.0 Å². The third-order valence-corrected chi connectivity index (χ3v) is 7.84. The Morgan fingerprint density at radius 1 is 0.833 bits per heavy atom. The molecule has 3 heterocycles. The van der Waals surface area contributed by atoms with Gasteiger partial charge in [-0.15, -0.1) is 0 Å². The van der Waals surface area contributed by atoms with Crippen molar-refractivity contribution in [3.8, 4) is 0 Å². The van der Waals surface area contributed by atoms with Crippen molar-refractivity contribution in [3.05, 3.63) is 95.4 Å². The summed E-state index contributed by atoms with van der Waals surface area (Å²) in [6.45, 7) is 3.32. The first-order valence-corrected chi connectivity index (χ1v) is 12.6. The first-order chi connectivity index (χ1) is 17.3. The van der Waals surface area contributed by atoms with Gasteiger partial charge in [-0.3, -0.25) is 4.79 Å².